The quantitative estimate of drug-likeness (QED) is 0.151. The average molecular weight is 858 g/mol. The van der Waals surface area contributed by atoms with Crippen LogP contribution in [-0.2, 0) is 10.8 Å². The third-order valence-electron chi connectivity index (χ3n) is 14.7. The second-order valence-corrected chi connectivity index (χ2v) is 18.9. The molecule has 0 amide bonds. The van der Waals surface area contributed by atoms with Gasteiger partial charge in [-0.05, 0) is 130 Å². The fraction of sp³-hybridized carbons (Fsp3) is 0.156. The summed E-state index contributed by atoms with van der Waals surface area (Å²) in [6.07, 6.45) is -0.583. The lowest BCUT2D eigenvalue weighted by Crippen LogP contribution is -2.23. The monoisotopic (exact) mass is 857 g/mol. The van der Waals surface area contributed by atoms with Crippen molar-refractivity contribution in [2.75, 3.05) is 4.90 Å². The summed E-state index contributed by atoms with van der Waals surface area (Å²) < 4.78 is 58.3. The molecule has 2 heteroatoms. The first kappa shape index (κ1) is 34.0. The molecule has 0 bridgehead atoms. The van der Waals surface area contributed by atoms with Gasteiger partial charge in [-0.3, -0.25) is 0 Å². The molecule has 320 valence electrons. The first-order valence-corrected chi connectivity index (χ1v) is 23.0. The van der Waals surface area contributed by atoms with Gasteiger partial charge in [-0.15, -0.1) is 0 Å². The molecule has 10 aromatic rings. The van der Waals surface area contributed by atoms with Crippen LogP contribution in [0.1, 0.15) is 82.0 Å². The summed E-state index contributed by atoms with van der Waals surface area (Å²) in [5.41, 5.74) is 19.6. The zero-order valence-corrected chi connectivity index (χ0v) is 37.7. The summed E-state index contributed by atoms with van der Waals surface area (Å²) >= 11 is 0. The van der Waals surface area contributed by atoms with Crippen LogP contribution in [0.2, 0.25) is 0 Å². The van der Waals surface area contributed by atoms with E-state index in [1.165, 1.54) is 27.8 Å². The van der Waals surface area contributed by atoms with Crippen LogP contribution >= 0.6 is 0 Å². The number of hydrogen-bond donors (Lipinski definition) is 0. The summed E-state index contributed by atoms with van der Waals surface area (Å²) in [6, 6.07) is 66.4. The highest BCUT2D eigenvalue weighted by atomic mass is 16.3. The van der Waals surface area contributed by atoms with Gasteiger partial charge in [0.1, 0.15) is 11.2 Å². The minimum Gasteiger partial charge on any atom is -0.455 e. The van der Waals surface area contributed by atoms with E-state index in [9.17, 15) is 0 Å². The number of rotatable bonds is 8. The van der Waals surface area contributed by atoms with E-state index in [-0.39, 0.29) is 18.3 Å². The Morgan fingerprint density at radius 3 is 1.73 bits per heavy atom. The van der Waals surface area contributed by atoms with Crippen LogP contribution in [-0.4, -0.2) is 0 Å². The van der Waals surface area contributed by atoms with Crippen molar-refractivity contribution in [3.8, 4) is 55.6 Å². The Labute approximate surface area is 397 Å². The topological polar surface area (TPSA) is 16.4 Å². The molecule has 0 saturated heterocycles. The maximum Gasteiger partial charge on any atom is 0.143 e. The predicted octanol–water partition coefficient (Wildman–Crippen LogP) is 18.1. The third-order valence-corrected chi connectivity index (χ3v) is 14.7. The predicted molar refractivity (Wildman–Crippen MR) is 279 cm³/mol. The molecule has 0 fully saturated rings. The highest BCUT2D eigenvalue weighted by Gasteiger charge is 2.42. The second kappa shape index (κ2) is 15.1. The minimum atomic E-state index is -2.39. The Hall–Kier alpha value is -7.42. The van der Waals surface area contributed by atoms with Gasteiger partial charge in [0.05, 0.1) is 0 Å². The SMILES string of the molecule is [2H]C([2H])([2H])CC1(CC([2H])([2H])[2H])c2cc(C)ccc2-c2c(-c3cccc4c3oc3c(-c5ccc(N(c6ccc(-c7ccccc7)cc6)c6ccc7c(c6)C(C)(C)c6ccccc6-7)cc5)cccc34)cc(C)cc21. The standard InChI is InChI=1S/C64H53NO/c1-7-64(8-2)58-37-40(3)24-34-54(58)60-55(36-41(4)38-59(60)64)53-22-15-21-52-51-20-14-19-48(61(51)66-62(52)53)44-27-31-46(32-28-44)65(45-29-25-43(26-30-45)42-16-10-9-11-17-42)47-33-35-50-49-18-12-13-23-56(49)63(5,6)57(50)39-47/h9-39H,7-8H2,1-6H3/i1D3,2D3. The largest absolute Gasteiger partial charge is 0.455 e. The summed E-state index contributed by atoms with van der Waals surface area (Å²) in [5.74, 6) is 0. The van der Waals surface area contributed by atoms with Gasteiger partial charge in [0.15, 0.2) is 0 Å². The van der Waals surface area contributed by atoms with Crippen molar-refractivity contribution >= 4 is 39.0 Å². The normalized spacial score (nSPS) is 15.7. The molecule has 12 rings (SSSR count). The molecule has 0 radical (unpaired) electrons. The first-order chi connectivity index (χ1) is 34.5. The summed E-state index contributed by atoms with van der Waals surface area (Å²) in [6.45, 7) is 3.84. The lowest BCUT2D eigenvalue weighted by Gasteiger charge is -2.30. The van der Waals surface area contributed by atoms with Gasteiger partial charge in [0.25, 0.3) is 0 Å². The third kappa shape index (κ3) is 5.94. The van der Waals surface area contributed by atoms with Crippen molar-refractivity contribution in [1.29, 1.82) is 0 Å². The van der Waals surface area contributed by atoms with E-state index in [0.29, 0.717) is 5.58 Å². The van der Waals surface area contributed by atoms with Gasteiger partial charge in [-0.1, -0.05) is 190 Å². The number of hydrogen-bond acceptors (Lipinski definition) is 2. The van der Waals surface area contributed by atoms with Crippen LogP contribution in [0.4, 0.5) is 17.1 Å². The molecule has 9 aromatic carbocycles. The van der Waals surface area contributed by atoms with Crippen LogP contribution in [0, 0.1) is 13.8 Å². The Morgan fingerprint density at radius 2 is 1.00 bits per heavy atom. The van der Waals surface area contributed by atoms with E-state index in [0.717, 1.165) is 94.6 Å². The van der Waals surface area contributed by atoms with Crippen LogP contribution in [0.25, 0.3) is 77.6 Å². The summed E-state index contributed by atoms with van der Waals surface area (Å²) in [5, 5.41) is 1.94. The van der Waals surface area contributed by atoms with Gasteiger partial charge in [-0.2, -0.15) is 0 Å². The molecule has 0 saturated carbocycles. The zero-order valence-electron chi connectivity index (χ0n) is 43.7. The van der Waals surface area contributed by atoms with Crippen LogP contribution < -0.4 is 4.90 Å². The number of benzene rings is 9. The second-order valence-electron chi connectivity index (χ2n) is 18.9. The van der Waals surface area contributed by atoms with E-state index in [1.807, 2.05) is 50.2 Å². The van der Waals surface area contributed by atoms with Gasteiger partial charge < -0.3 is 9.32 Å². The van der Waals surface area contributed by atoms with E-state index in [2.05, 4.69) is 170 Å². The molecule has 2 aliphatic carbocycles. The van der Waals surface area contributed by atoms with Crippen molar-refractivity contribution in [1.82, 2.24) is 0 Å². The Morgan fingerprint density at radius 1 is 0.424 bits per heavy atom. The van der Waals surface area contributed by atoms with Gasteiger partial charge in [-0.25, -0.2) is 0 Å². The molecule has 1 heterocycles. The highest BCUT2D eigenvalue weighted by Crippen LogP contribution is 2.57. The fourth-order valence-electron chi connectivity index (χ4n) is 11.3. The van der Waals surface area contributed by atoms with Crippen LogP contribution in [0.15, 0.2) is 192 Å². The van der Waals surface area contributed by atoms with Crippen LogP contribution in [0.3, 0.4) is 0 Å². The first-order valence-electron chi connectivity index (χ1n) is 26.0. The highest BCUT2D eigenvalue weighted by molar-refractivity contribution is 6.14. The number of nitrogens with zero attached hydrogens (tertiary/aromatic N) is 1. The Kier molecular flexibility index (Phi) is 7.77. The molecule has 0 unspecified atom stereocenters. The van der Waals surface area contributed by atoms with Crippen molar-refractivity contribution in [3.05, 3.63) is 221 Å². The Balaban J connectivity index is 0.979. The van der Waals surface area contributed by atoms with E-state index in [4.69, 9.17) is 12.6 Å². The van der Waals surface area contributed by atoms with Crippen molar-refractivity contribution in [2.24, 2.45) is 0 Å². The number of para-hydroxylation sites is 2. The maximum absolute atomic E-state index is 8.53. The minimum absolute atomic E-state index is 0.160. The molecular formula is C64H53NO. The molecule has 0 aliphatic heterocycles. The molecule has 2 aliphatic rings. The molecule has 1 aromatic heterocycles. The van der Waals surface area contributed by atoms with E-state index >= 15 is 0 Å². The van der Waals surface area contributed by atoms with Crippen LogP contribution in [0.5, 0.6) is 0 Å². The number of anilines is 3. The average Bonchev–Trinajstić information content (AvgIpc) is 3.94. The Bertz CT molecular complexity index is 3750. The smallest absolute Gasteiger partial charge is 0.143 e. The molecule has 66 heavy (non-hydrogen) atoms. The zero-order chi connectivity index (χ0) is 49.9. The lowest BCUT2D eigenvalue weighted by atomic mass is 9.73. The summed E-state index contributed by atoms with van der Waals surface area (Å²) in [4.78, 5) is 2.34. The number of aryl methyl sites for hydroxylation is 2. The lowest BCUT2D eigenvalue weighted by molar-refractivity contribution is 0.490. The molecule has 0 N–H and O–H groups in total. The molecular weight excluding hydrogens is 799 g/mol. The van der Waals surface area contributed by atoms with Crippen molar-refractivity contribution in [3.63, 3.8) is 0 Å². The van der Waals surface area contributed by atoms with Crippen molar-refractivity contribution in [2.45, 2.75) is 65.1 Å². The van der Waals surface area contributed by atoms with E-state index in [1.54, 1.807) is 0 Å². The maximum atomic E-state index is 8.53. The van der Waals surface area contributed by atoms with Gasteiger partial charge in [0.2, 0.25) is 0 Å². The van der Waals surface area contributed by atoms with E-state index < -0.39 is 19.1 Å². The molecule has 2 nitrogen and oxygen atoms in total. The van der Waals surface area contributed by atoms with Crippen molar-refractivity contribution < 1.29 is 12.6 Å². The van der Waals surface area contributed by atoms with Gasteiger partial charge >= 0.3 is 0 Å². The van der Waals surface area contributed by atoms with Gasteiger partial charge in [0, 0.05) is 58.0 Å². The molecule has 0 atom stereocenters. The number of fused-ring (bicyclic) bond motifs is 9. The molecule has 0 spiro atoms. The summed E-state index contributed by atoms with van der Waals surface area (Å²) in [7, 11) is 0. The number of furan rings is 1. The fourth-order valence-corrected chi connectivity index (χ4v) is 11.3.